The summed E-state index contributed by atoms with van der Waals surface area (Å²) in [6.45, 7) is 0.925. The first-order chi connectivity index (χ1) is 6.86. The molecule has 2 aliphatic heterocycles. The van der Waals surface area contributed by atoms with Crippen LogP contribution in [0, 0.1) is 0 Å². The topological polar surface area (TPSA) is 35.8 Å². The van der Waals surface area contributed by atoms with Crippen LogP contribution in [0.5, 0.6) is 0 Å². The van der Waals surface area contributed by atoms with E-state index in [1.165, 1.54) is 0 Å². The summed E-state index contributed by atoms with van der Waals surface area (Å²) < 4.78 is 0. The molecule has 1 N–H and O–H groups in total. The van der Waals surface area contributed by atoms with Crippen molar-refractivity contribution in [2.24, 2.45) is 4.99 Å². The number of fused-ring (bicyclic) bond motifs is 2. The van der Waals surface area contributed by atoms with E-state index in [-0.39, 0.29) is 0 Å². The average Bonchev–Trinajstić information content (AvgIpc) is 2.66. The minimum Gasteiger partial charge on any atom is -0.369 e. The molecule has 0 spiro atoms. The van der Waals surface area contributed by atoms with Gasteiger partial charge in [0.15, 0.2) is 6.23 Å². The third-order valence-electron chi connectivity index (χ3n) is 2.89. The lowest BCUT2D eigenvalue weighted by Gasteiger charge is -2.30. The van der Waals surface area contributed by atoms with Gasteiger partial charge in [-0.05, 0) is 12.5 Å². The molecule has 0 amide bonds. The number of rotatable bonds is 0. The molecule has 1 fully saturated rings. The average molecular weight is 188 g/mol. The number of hydrogen-bond donors (Lipinski definition) is 1. The smallest absolute Gasteiger partial charge is 0.156 e. The molecular weight excluding hydrogens is 176 g/mol. The first kappa shape index (κ1) is 8.00. The van der Waals surface area contributed by atoms with Gasteiger partial charge in [0.1, 0.15) is 5.84 Å². The monoisotopic (exact) mass is 188 g/mol. The van der Waals surface area contributed by atoms with Gasteiger partial charge < -0.3 is 10.0 Å². The van der Waals surface area contributed by atoms with Crippen molar-refractivity contribution in [2.45, 2.75) is 19.1 Å². The Labute approximate surface area is 82.7 Å². The summed E-state index contributed by atoms with van der Waals surface area (Å²) in [6.07, 6.45) is 1.61. The van der Waals surface area contributed by atoms with E-state index >= 15 is 0 Å². The first-order valence-corrected chi connectivity index (χ1v) is 4.97. The summed E-state index contributed by atoms with van der Waals surface area (Å²) in [4.78, 5) is 6.53. The number of aliphatic hydroxyl groups is 1. The fraction of sp³-hybridized carbons (Fsp3) is 0.364. The van der Waals surface area contributed by atoms with Crippen molar-refractivity contribution in [2.75, 3.05) is 6.54 Å². The summed E-state index contributed by atoms with van der Waals surface area (Å²) >= 11 is 0. The van der Waals surface area contributed by atoms with E-state index in [0.717, 1.165) is 36.5 Å². The first-order valence-electron chi connectivity index (χ1n) is 4.97. The number of aliphatic hydroxyl groups excluding tert-OH is 1. The van der Waals surface area contributed by atoms with Crippen molar-refractivity contribution in [3.8, 4) is 0 Å². The molecule has 3 heteroatoms. The summed E-state index contributed by atoms with van der Waals surface area (Å²) in [5, 5.41) is 10.1. The molecule has 0 bridgehead atoms. The van der Waals surface area contributed by atoms with Crippen LogP contribution in [0.1, 0.15) is 24.6 Å². The van der Waals surface area contributed by atoms with E-state index in [9.17, 15) is 5.11 Å². The van der Waals surface area contributed by atoms with Crippen molar-refractivity contribution >= 4 is 11.5 Å². The largest absolute Gasteiger partial charge is 0.369 e. The number of amidine groups is 1. The molecule has 72 valence electrons. The maximum absolute atomic E-state index is 10.1. The van der Waals surface area contributed by atoms with Crippen LogP contribution in [0.15, 0.2) is 29.3 Å². The van der Waals surface area contributed by atoms with Gasteiger partial charge in [-0.3, -0.25) is 0 Å². The summed E-state index contributed by atoms with van der Waals surface area (Å²) in [5.41, 5.74) is 1.85. The Balaban J connectivity index is 2.15. The van der Waals surface area contributed by atoms with Gasteiger partial charge in [0.2, 0.25) is 0 Å². The number of aliphatic imine (C=N–C) groups is 1. The number of benzene rings is 1. The van der Waals surface area contributed by atoms with Crippen LogP contribution in [-0.4, -0.2) is 22.4 Å². The van der Waals surface area contributed by atoms with Crippen LogP contribution in [0.3, 0.4) is 0 Å². The zero-order valence-corrected chi connectivity index (χ0v) is 7.85. The van der Waals surface area contributed by atoms with Gasteiger partial charge in [-0.15, -0.1) is 0 Å². The SMILES string of the molecule is OC1c2ccccc2N=C2CCCN21. The number of nitrogens with zero attached hydrogens (tertiary/aromatic N) is 2. The Morgan fingerprint density at radius 2 is 2.21 bits per heavy atom. The lowest BCUT2D eigenvalue weighted by Crippen LogP contribution is -2.32. The van der Waals surface area contributed by atoms with Crippen LogP contribution in [0.2, 0.25) is 0 Å². The minimum atomic E-state index is -0.485. The Hall–Kier alpha value is -1.35. The predicted molar refractivity (Wildman–Crippen MR) is 54.4 cm³/mol. The standard InChI is InChI=1S/C11H12N2O/c14-11-8-4-1-2-5-9(8)12-10-6-3-7-13(10)11/h1-2,4-5,11,14H,3,6-7H2. The normalized spacial score (nSPS) is 24.2. The molecule has 1 unspecified atom stereocenters. The Morgan fingerprint density at radius 3 is 3.14 bits per heavy atom. The fourth-order valence-corrected chi connectivity index (χ4v) is 2.18. The lowest BCUT2D eigenvalue weighted by atomic mass is 10.1. The Kier molecular flexibility index (Phi) is 1.61. The zero-order valence-electron chi connectivity index (χ0n) is 7.85. The van der Waals surface area contributed by atoms with E-state index in [0.29, 0.717) is 0 Å². The van der Waals surface area contributed by atoms with Crippen molar-refractivity contribution in [3.63, 3.8) is 0 Å². The molecule has 3 rings (SSSR count). The van der Waals surface area contributed by atoms with Gasteiger partial charge in [0.05, 0.1) is 5.69 Å². The molecule has 14 heavy (non-hydrogen) atoms. The highest BCUT2D eigenvalue weighted by atomic mass is 16.3. The summed E-state index contributed by atoms with van der Waals surface area (Å²) in [6, 6.07) is 7.80. The Bertz CT molecular complexity index is 400. The van der Waals surface area contributed by atoms with Crippen LogP contribution in [0.4, 0.5) is 5.69 Å². The van der Waals surface area contributed by atoms with Gasteiger partial charge in [-0.25, -0.2) is 4.99 Å². The van der Waals surface area contributed by atoms with Crippen molar-refractivity contribution in [1.82, 2.24) is 4.90 Å². The maximum atomic E-state index is 10.1. The predicted octanol–water partition coefficient (Wildman–Crippen LogP) is 1.82. The minimum absolute atomic E-state index is 0.485. The molecule has 1 aromatic carbocycles. The molecule has 1 atom stereocenters. The van der Waals surface area contributed by atoms with E-state index in [2.05, 4.69) is 4.99 Å². The molecule has 1 saturated heterocycles. The van der Waals surface area contributed by atoms with Crippen molar-refractivity contribution in [1.29, 1.82) is 0 Å². The number of para-hydroxylation sites is 1. The second-order valence-corrected chi connectivity index (χ2v) is 3.76. The highest BCUT2D eigenvalue weighted by Gasteiger charge is 2.30. The zero-order chi connectivity index (χ0) is 9.54. The molecule has 0 saturated carbocycles. The van der Waals surface area contributed by atoms with E-state index in [4.69, 9.17) is 0 Å². The van der Waals surface area contributed by atoms with E-state index < -0.39 is 6.23 Å². The van der Waals surface area contributed by atoms with Crippen LogP contribution in [0.25, 0.3) is 0 Å². The number of hydrogen-bond acceptors (Lipinski definition) is 3. The molecule has 0 aliphatic carbocycles. The van der Waals surface area contributed by atoms with Gasteiger partial charge in [0, 0.05) is 18.5 Å². The molecule has 2 aliphatic rings. The molecule has 1 aromatic rings. The second-order valence-electron chi connectivity index (χ2n) is 3.76. The summed E-state index contributed by atoms with van der Waals surface area (Å²) in [5.74, 6) is 1.04. The molecule has 0 aromatic heterocycles. The highest BCUT2D eigenvalue weighted by molar-refractivity contribution is 5.88. The van der Waals surface area contributed by atoms with Gasteiger partial charge in [-0.2, -0.15) is 0 Å². The van der Waals surface area contributed by atoms with Crippen molar-refractivity contribution in [3.05, 3.63) is 29.8 Å². The molecule has 2 heterocycles. The lowest BCUT2D eigenvalue weighted by molar-refractivity contribution is 0.0576. The third kappa shape index (κ3) is 0.990. The summed E-state index contributed by atoms with van der Waals surface area (Å²) in [7, 11) is 0. The van der Waals surface area contributed by atoms with Crippen LogP contribution in [-0.2, 0) is 0 Å². The highest BCUT2D eigenvalue weighted by Crippen LogP contribution is 2.36. The molecular formula is C11H12N2O. The maximum Gasteiger partial charge on any atom is 0.156 e. The third-order valence-corrected chi connectivity index (χ3v) is 2.89. The Morgan fingerprint density at radius 1 is 1.36 bits per heavy atom. The van der Waals surface area contributed by atoms with Gasteiger partial charge in [0.25, 0.3) is 0 Å². The molecule has 0 radical (unpaired) electrons. The van der Waals surface area contributed by atoms with Gasteiger partial charge >= 0.3 is 0 Å². The fourth-order valence-electron chi connectivity index (χ4n) is 2.18. The van der Waals surface area contributed by atoms with E-state index in [1.54, 1.807) is 0 Å². The second kappa shape index (κ2) is 2.82. The molecule has 3 nitrogen and oxygen atoms in total. The van der Waals surface area contributed by atoms with Crippen molar-refractivity contribution < 1.29 is 5.11 Å². The van der Waals surface area contributed by atoms with E-state index in [1.807, 2.05) is 29.2 Å². The van der Waals surface area contributed by atoms with Crippen LogP contribution >= 0.6 is 0 Å². The van der Waals surface area contributed by atoms with Crippen LogP contribution < -0.4 is 0 Å². The van der Waals surface area contributed by atoms with Gasteiger partial charge in [-0.1, -0.05) is 18.2 Å². The quantitative estimate of drug-likeness (QED) is 0.674.